The molecule has 0 spiro atoms. The van der Waals surface area contributed by atoms with Crippen molar-refractivity contribution in [3.8, 4) is 0 Å². The smallest absolute Gasteiger partial charge is 0.227 e. The van der Waals surface area contributed by atoms with Crippen LogP contribution in [0.25, 0.3) is 22.3 Å². The highest BCUT2D eigenvalue weighted by Crippen LogP contribution is 2.23. The van der Waals surface area contributed by atoms with Crippen LogP contribution in [0.3, 0.4) is 0 Å². The van der Waals surface area contributed by atoms with E-state index >= 15 is 0 Å². The maximum Gasteiger partial charge on any atom is 0.227 e. The lowest BCUT2D eigenvalue weighted by atomic mass is 10.3. The quantitative estimate of drug-likeness (QED) is 0.450. The van der Waals surface area contributed by atoms with Crippen LogP contribution in [0.2, 0.25) is 0 Å². The Labute approximate surface area is 99.8 Å². The first-order chi connectivity index (χ1) is 8.77. The number of nitrogens with two attached hydrogens (primary N) is 2. The Balaban J connectivity index is 2.49. The second-order valence-corrected chi connectivity index (χ2v) is 3.92. The van der Waals surface area contributed by atoms with Crippen LogP contribution >= 0.6 is 0 Å². The molecule has 0 bridgehead atoms. The number of nitrogens with zero attached hydrogens (tertiary/aromatic N) is 6. The van der Waals surface area contributed by atoms with Crippen LogP contribution in [-0.4, -0.2) is 29.2 Å². The molecule has 4 N–H and O–H groups in total. The zero-order valence-corrected chi connectivity index (χ0v) is 9.15. The van der Waals surface area contributed by atoms with Crippen LogP contribution in [0.4, 0.5) is 11.9 Å². The summed E-state index contributed by atoms with van der Waals surface area (Å²) < 4.78 is 3.47. The lowest BCUT2D eigenvalue weighted by Crippen LogP contribution is -2.02. The van der Waals surface area contributed by atoms with E-state index in [9.17, 15) is 0 Å². The number of benzene rings is 1. The average molecular weight is 240 g/mol. The predicted molar refractivity (Wildman–Crippen MR) is 65.9 cm³/mol. The highest BCUT2D eigenvalue weighted by Gasteiger charge is 2.15. The molecule has 4 rings (SSSR count). The third-order valence-electron chi connectivity index (χ3n) is 2.94. The maximum absolute atomic E-state index is 5.84. The number of para-hydroxylation sites is 2. The number of nitrogen functional groups attached to an aromatic ring is 2. The normalized spacial score (nSPS) is 11.8. The summed E-state index contributed by atoms with van der Waals surface area (Å²) >= 11 is 0. The zero-order chi connectivity index (χ0) is 12.3. The minimum atomic E-state index is 0.310. The maximum atomic E-state index is 5.84. The van der Waals surface area contributed by atoms with Gasteiger partial charge in [0.2, 0.25) is 23.2 Å². The molecule has 3 aromatic heterocycles. The van der Waals surface area contributed by atoms with Crippen LogP contribution < -0.4 is 11.5 Å². The van der Waals surface area contributed by atoms with Gasteiger partial charge in [0.05, 0.1) is 11.0 Å². The number of hydrogen-bond donors (Lipinski definition) is 2. The molecule has 1 aromatic carbocycles. The van der Waals surface area contributed by atoms with Crippen molar-refractivity contribution < 1.29 is 0 Å². The molecule has 4 aromatic rings. The molecule has 0 saturated heterocycles. The van der Waals surface area contributed by atoms with Crippen LogP contribution in [0.5, 0.6) is 0 Å². The Hall–Kier alpha value is -2.90. The van der Waals surface area contributed by atoms with Gasteiger partial charge in [-0.2, -0.15) is 0 Å². The molecule has 8 heteroatoms. The second-order valence-electron chi connectivity index (χ2n) is 3.92. The van der Waals surface area contributed by atoms with Gasteiger partial charge in [0.1, 0.15) is 0 Å². The molecule has 18 heavy (non-hydrogen) atoms. The molecule has 0 unspecified atom stereocenters. The number of rotatable bonds is 0. The van der Waals surface area contributed by atoms with Gasteiger partial charge < -0.3 is 11.5 Å². The minimum Gasteiger partial charge on any atom is -0.368 e. The average Bonchev–Trinajstić information content (AvgIpc) is 2.94. The van der Waals surface area contributed by atoms with E-state index < -0.39 is 0 Å². The Bertz CT molecular complexity index is 827. The molecule has 8 nitrogen and oxygen atoms in total. The SMILES string of the molecule is Nc1nnc2c3nnc(N)n3c3ccccc3n12. The molecule has 0 saturated carbocycles. The molecule has 88 valence electrons. The molecule has 0 aliphatic rings. The van der Waals surface area contributed by atoms with Crippen LogP contribution in [0.1, 0.15) is 0 Å². The standard InChI is InChI=1S/C10H8N8/c11-9-15-13-7-8-14-16-10(12)18(8)6-4-2-1-3-5(6)17(7)9/h1-4H,(H2,11,15)(H2,12,16). The van der Waals surface area contributed by atoms with Crippen molar-refractivity contribution in [3.05, 3.63) is 24.3 Å². The van der Waals surface area contributed by atoms with E-state index in [4.69, 9.17) is 11.5 Å². The van der Waals surface area contributed by atoms with E-state index in [0.29, 0.717) is 23.2 Å². The molecule has 0 atom stereocenters. The Kier molecular flexibility index (Phi) is 1.45. The molecule has 0 amide bonds. The van der Waals surface area contributed by atoms with E-state index in [0.717, 1.165) is 11.0 Å². The van der Waals surface area contributed by atoms with E-state index in [2.05, 4.69) is 20.4 Å². The first-order valence-corrected chi connectivity index (χ1v) is 5.29. The van der Waals surface area contributed by atoms with Gasteiger partial charge in [0.25, 0.3) is 0 Å². The highest BCUT2D eigenvalue weighted by atomic mass is 15.4. The van der Waals surface area contributed by atoms with Crippen molar-refractivity contribution in [1.29, 1.82) is 0 Å². The van der Waals surface area contributed by atoms with Crippen molar-refractivity contribution in [2.24, 2.45) is 0 Å². The Morgan fingerprint density at radius 2 is 1.17 bits per heavy atom. The fraction of sp³-hybridized carbons (Fsp3) is 0. The summed E-state index contributed by atoms with van der Waals surface area (Å²) in [6.07, 6.45) is 0. The second kappa shape index (κ2) is 2.86. The largest absolute Gasteiger partial charge is 0.368 e. The summed E-state index contributed by atoms with van der Waals surface area (Å²) in [6, 6.07) is 7.66. The van der Waals surface area contributed by atoms with Crippen LogP contribution in [0.15, 0.2) is 24.3 Å². The van der Waals surface area contributed by atoms with Gasteiger partial charge >= 0.3 is 0 Å². The fourth-order valence-electron chi connectivity index (χ4n) is 2.20. The minimum absolute atomic E-state index is 0.310. The molecule has 0 aliphatic heterocycles. The lowest BCUT2D eigenvalue weighted by Gasteiger charge is -2.05. The van der Waals surface area contributed by atoms with Gasteiger partial charge in [-0.1, -0.05) is 12.1 Å². The topological polar surface area (TPSA) is 112 Å². The summed E-state index contributed by atoms with van der Waals surface area (Å²) in [5.74, 6) is 0.621. The van der Waals surface area contributed by atoms with Gasteiger partial charge in [-0.3, -0.25) is 8.80 Å². The van der Waals surface area contributed by atoms with Crippen LogP contribution in [0, 0.1) is 0 Å². The molecular formula is C10H8N8. The van der Waals surface area contributed by atoms with Gasteiger partial charge in [-0.05, 0) is 12.1 Å². The zero-order valence-electron chi connectivity index (χ0n) is 9.15. The van der Waals surface area contributed by atoms with Gasteiger partial charge in [-0.15, -0.1) is 20.4 Å². The summed E-state index contributed by atoms with van der Waals surface area (Å²) in [5.41, 5.74) is 14.5. The van der Waals surface area contributed by atoms with Crippen molar-refractivity contribution in [1.82, 2.24) is 29.2 Å². The van der Waals surface area contributed by atoms with Crippen LogP contribution in [-0.2, 0) is 0 Å². The summed E-state index contributed by atoms with van der Waals surface area (Å²) in [7, 11) is 0. The number of aromatic nitrogens is 6. The number of fused-ring (bicyclic) bond motifs is 6. The van der Waals surface area contributed by atoms with Crippen molar-refractivity contribution in [2.45, 2.75) is 0 Å². The van der Waals surface area contributed by atoms with Gasteiger partial charge in [0.15, 0.2) is 0 Å². The van der Waals surface area contributed by atoms with E-state index in [-0.39, 0.29) is 0 Å². The summed E-state index contributed by atoms with van der Waals surface area (Å²) in [4.78, 5) is 0. The van der Waals surface area contributed by atoms with E-state index in [1.165, 1.54) is 0 Å². The molecule has 0 aliphatic carbocycles. The van der Waals surface area contributed by atoms with Crippen molar-refractivity contribution >= 4 is 34.2 Å². The van der Waals surface area contributed by atoms with Gasteiger partial charge in [-0.25, -0.2) is 0 Å². The highest BCUT2D eigenvalue weighted by molar-refractivity contribution is 5.87. The summed E-state index contributed by atoms with van der Waals surface area (Å²) in [6.45, 7) is 0. The monoisotopic (exact) mass is 240 g/mol. The molecule has 3 heterocycles. The first-order valence-electron chi connectivity index (χ1n) is 5.29. The third-order valence-corrected chi connectivity index (χ3v) is 2.94. The van der Waals surface area contributed by atoms with Gasteiger partial charge in [0, 0.05) is 0 Å². The predicted octanol–water partition coefficient (Wildman–Crippen LogP) is 0.0896. The number of anilines is 2. The van der Waals surface area contributed by atoms with E-state index in [1.54, 1.807) is 8.80 Å². The van der Waals surface area contributed by atoms with E-state index in [1.807, 2.05) is 24.3 Å². The lowest BCUT2D eigenvalue weighted by molar-refractivity contribution is 1.11. The van der Waals surface area contributed by atoms with Crippen molar-refractivity contribution in [2.75, 3.05) is 11.5 Å². The van der Waals surface area contributed by atoms with Crippen molar-refractivity contribution in [3.63, 3.8) is 0 Å². The Morgan fingerprint density at radius 1 is 0.722 bits per heavy atom. The third kappa shape index (κ3) is 0.902. The molecule has 0 radical (unpaired) electrons. The molecular weight excluding hydrogens is 232 g/mol. The first kappa shape index (κ1) is 9.16. The summed E-state index contributed by atoms with van der Waals surface area (Å²) in [5, 5.41) is 15.8. The molecule has 0 fully saturated rings. The Morgan fingerprint density at radius 3 is 1.61 bits per heavy atom. The fourth-order valence-corrected chi connectivity index (χ4v) is 2.20. The number of hydrogen-bond acceptors (Lipinski definition) is 6.